The molecule has 0 N–H and O–H groups in total. The molecule has 2 aromatic rings. The van der Waals surface area contributed by atoms with Gasteiger partial charge in [0.1, 0.15) is 0 Å². The molecule has 0 bridgehead atoms. The second-order valence-corrected chi connectivity index (χ2v) is 8.28. The highest BCUT2D eigenvalue weighted by molar-refractivity contribution is 5.77. The number of aromatic nitrogens is 2. The van der Waals surface area contributed by atoms with Crippen LogP contribution in [0.2, 0.25) is 0 Å². The standard InChI is InChI=1S/C23H30F3N3O2/c1-3-31-21(30)22(17-19-7-4-5-8-20(19)23(24,25)26)10-15-28(16-11-22)18(2)9-14-29-13-6-12-27-29/h4-8,12-13,18H,3,9-11,14-17H2,1-2H3/t18-/m0/s1. The number of carbonyl (C=O) groups excluding carboxylic acids is 1. The highest BCUT2D eigenvalue weighted by atomic mass is 19.4. The predicted octanol–water partition coefficient (Wildman–Crippen LogP) is 4.57. The van der Waals surface area contributed by atoms with Gasteiger partial charge in [0.15, 0.2) is 0 Å². The molecule has 0 amide bonds. The van der Waals surface area contributed by atoms with Crippen LogP contribution in [-0.4, -0.2) is 46.4 Å². The van der Waals surface area contributed by atoms with Crippen molar-refractivity contribution in [2.24, 2.45) is 5.41 Å². The average molecular weight is 438 g/mol. The van der Waals surface area contributed by atoms with Gasteiger partial charge >= 0.3 is 12.1 Å². The lowest BCUT2D eigenvalue weighted by Crippen LogP contribution is -2.49. The zero-order chi connectivity index (χ0) is 22.5. The number of aryl methyl sites for hydroxylation is 1. The van der Waals surface area contributed by atoms with E-state index in [0.29, 0.717) is 25.9 Å². The number of alkyl halides is 3. The molecule has 5 nitrogen and oxygen atoms in total. The van der Waals surface area contributed by atoms with Crippen LogP contribution in [0.1, 0.15) is 44.2 Å². The molecular weight excluding hydrogens is 407 g/mol. The molecular formula is C23H30F3N3O2. The molecule has 170 valence electrons. The maximum absolute atomic E-state index is 13.5. The van der Waals surface area contributed by atoms with Gasteiger partial charge in [-0.3, -0.25) is 9.48 Å². The number of hydrogen-bond acceptors (Lipinski definition) is 4. The van der Waals surface area contributed by atoms with Gasteiger partial charge in [0.2, 0.25) is 0 Å². The van der Waals surface area contributed by atoms with Crippen LogP contribution >= 0.6 is 0 Å². The first-order valence-corrected chi connectivity index (χ1v) is 10.8. The van der Waals surface area contributed by atoms with E-state index in [9.17, 15) is 18.0 Å². The first kappa shape index (κ1) is 23.3. The maximum Gasteiger partial charge on any atom is 0.416 e. The molecule has 1 aromatic heterocycles. The predicted molar refractivity (Wildman–Crippen MR) is 111 cm³/mol. The molecule has 1 fully saturated rings. The summed E-state index contributed by atoms with van der Waals surface area (Å²) in [6.45, 7) is 6.17. The molecule has 0 unspecified atom stereocenters. The summed E-state index contributed by atoms with van der Waals surface area (Å²) in [5.41, 5.74) is -1.45. The van der Waals surface area contributed by atoms with Gasteiger partial charge in [-0.2, -0.15) is 18.3 Å². The molecule has 2 heterocycles. The van der Waals surface area contributed by atoms with Crippen LogP contribution in [0.3, 0.4) is 0 Å². The number of esters is 1. The summed E-state index contributed by atoms with van der Waals surface area (Å²) in [4.78, 5) is 15.2. The van der Waals surface area contributed by atoms with E-state index in [2.05, 4.69) is 16.9 Å². The van der Waals surface area contributed by atoms with Gasteiger partial charge in [-0.05, 0) is 70.3 Å². The van der Waals surface area contributed by atoms with Gasteiger partial charge < -0.3 is 9.64 Å². The zero-order valence-electron chi connectivity index (χ0n) is 18.1. The lowest BCUT2D eigenvalue weighted by Gasteiger charge is -2.42. The molecule has 3 rings (SSSR count). The van der Waals surface area contributed by atoms with Crippen LogP contribution in [0.15, 0.2) is 42.7 Å². The maximum atomic E-state index is 13.5. The SMILES string of the molecule is CCOC(=O)C1(Cc2ccccc2C(F)(F)F)CCN([C@@H](C)CCn2cccn2)CC1. The van der Waals surface area contributed by atoms with Crippen molar-refractivity contribution in [3.63, 3.8) is 0 Å². The molecule has 0 saturated carbocycles. The summed E-state index contributed by atoms with van der Waals surface area (Å²) in [5, 5.41) is 4.22. The number of halogens is 3. The Hall–Kier alpha value is -2.35. The van der Waals surface area contributed by atoms with Crippen molar-refractivity contribution in [2.75, 3.05) is 19.7 Å². The minimum atomic E-state index is -4.45. The Morgan fingerprint density at radius 1 is 1.23 bits per heavy atom. The van der Waals surface area contributed by atoms with Gasteiger partial charge in [-0.25, -0.2) is 0 Å². The van der Waals surface area contributed by atoms with Crippen molar-refractivity contribution in [3.05, 3.63) is 53.9 Å². The second kappa shape index (κ2) is 9.85. The van der Waals surface area contributed by atoms with E-state index in [1.165, 1.54) is 12.1 Å². The number of benzene rings is 1. The molecule has 1 aliphatic rings. The van der Waals surface area contributed by atoms with E-state index < -0.39 is 23.1 Å². The fourth-order valence-electron chi connectivity index (χ4n) is 4.38. The monoisotopic (exact) mass is 437 g/mol. The van der Waals surface area contributed by atoms with Gasteiger partial charge in [0.25, 0.3) is 0 Å². The largest absolute Gasteiger partial charge is 0.466 e. The van der Waals surface area contributed by atoms with Crippen molar-refractivity contribution < 1.29 is 22.7 Å². The third kappa shape index (κ3) is 5.67. The fourth-order valence-corrected chi connectivity index (χ4v) is 4.38. The zero-order valence-corrected chi connectivity index (χ0v) is 18.1. The van der Waals surface area contributed by atoms with E-state index in [0.717, 1.165) is 19.0 Å². The minimum Gasteiger partial charge on any atom is -0.466 e. The average Bonchev–Trinajstić information content (AvgIpc) is 3.26. The van der Waals surface area contributed by atoms with Crippen LogP contribution in [0.25, 0.3) is 0 Å². The van der Waals surface area contributed by atoms with Crippen molar-refractivity contribution in [1.29, 1.82) is 0 Å². The quantitative estimate of drug-likeness (QED) is 0.568. The number of ether oxygens (including phenoxy) is 1. The highest BCUT2D eigenvalue weighted by Crippen LogP contribution is 2.41. The Morgan fingerprint density at radius 2 is 1.94 bits per heavy atom. The minimum absolute atomic E-state index is 0.0387. The van der Waals surface area contributed by atoms with Gasteiger partial charge in [0.05, 0.1) is 17.6 Å². The van der Waals surface area contributed by atoms with Crippen LogP contribution in [0, 0.1) is 5.41 Å². The van der Waals surface area contributed by atoms with Crippen molar-refractivity contribution in [1.82, 2.24) is 14.7 Å². The molecule has 1 saturated heterocycles. The summed E-state index contributed by atoms with van der Waals surface area (Å²) in [6, 6.07) is 7.71. The Kier molecular flexibility index (Phi) is 7.41. The third-order valence-electron chi connectivity index (χ3n) is 6.27. The van der Waals surface area contributed by atoms with E-state index in [4.69, 9.17) is 4.74 Å². The number of likely N-dealkylation sites (tertiary alicyclic amines) is 1. The van der Waals surface area contributed by atoms with Crippen LogP contribution in [-0.2, 0) is 28.7 Å². The summed E-state index contributed by atoms with van der Waals surface area (Å²) < 4.78 is 47.8. The smallest absolute Gasteiger partial charge is 0.416 e. The second-order valence-electron chi connectivity index (χ2n) is 8.28. The summed E-state index contributed by atoms with van der Waals surface area (Å²) >= 11 is 0. The Bertz CT molecular complexity index is 844. The number of rotatable bonds is 8. The fraction of sp³-hybridized carbons (Fsp3) is 0.565. The molecule has 0 aliphatic carbocycles. The van der Waals surface area contributed by atoms with Crippen LogP contribution in [0.4, 0.5) is 13.2 Å². The Labute approximate surface area is 181 Å². The van der Waals surface area contributed by atoms with E-state index in [-0.39, 0.29) is 24.6 Å². The topological polar surface area (TPSA) is 47.4 Å². The lowest BCUT2D eigenvalue weighted by atomic mass is 9.72. The normalized spacial score (nSPS) is 18.0. The molecule has 1 atom stereocenters. The third-order valence-corrected chi connectivity index (χ3v) is 6.27. The number of nitrogens with zero attached hydrogens (tertiary/aromatic N) is 3. The van der Waals surface area contributed by atoms with Crippen LogP contribution < -0.4 is 0 Å². The van der Waals surface area contributed by atoms with E-state index in [1.54, 1.807) is 19.2 Å². The van der Waals surface area contributed by atoms with Gasteiger partial charge in [-0.1, -0.05) is 18.2 Å². The van der Waals surface area contributed by atoms with Gasteiger partial charge in [0, 0.05) is 25.0 Å². The first-order chi connectivity index (χ1) is 14.7. The summed E-state index contributed by atoms with van der Waals surface area (Å²) in [5.74, 6) is -0.393. The lowest BCUT2D eigenvalue weighted by molar-refractivity contribution is -0.159. The van der Waals surface area contributed by atoms with E-state index in [1.807, 2.05) is 16.9 Å². The molecule has 1 aromatic carbocycles. The van der Waals surface area contributed by atoms with Crippen molar-refractivity contribution >= 4 is 5.97 Å². The Balaban J connectivity index is 1.72. The van der Waals surface area contributed by atoms with Gasteiger partial charge in [-0.15, -0.1) is 0 Å². The molecule has 31 heavy (non-hydrogen) atoms. The first-order valence-electron chi connectivity index (χ1n) is 10.8. The molecule has 1 aliphatic heterocycles. The molecule has 0 spiro atoms. The van der Waals surface area contributed by atoms with Crippen molar-refractivity contribution in [2.45, 2.75) is 58.3 Å². The van der Waals surface area contributed by atoms with Crippen LogP contribution in [0.5, 0.6) is 0 Å². The number of hydrogen-bond donors (Lipinski definition) is 0. The number of piperidine rings is 1. The summed E-state index contributed by atoms with van der Waals surface area (Å²) in [7, 11) is 0. The van der Waals surface area contributed by atoms with Crippen molar-refractivity contribution in [3.8, 4) is 0 Å². The highest BCUT2D eigenvalue weighted by Gasteiger charge is 2.45. The summed E-state index contributed by atoms with van der Waals surface area (Å²) in [6.07, 6.45) is 1.12. The Morgan fingerprint density at radius 3 is 2.55 bits per heavy atom. The number of carbonyl (C=O) groups is 1. The van der Waals surface area contributed by atoms with E-state index >= 15 is 0 Å². The molecule has 8 heteroatoms. The molecule has 0 radical (unpaired) electrons.